The summed E-state index contributed by atoms with van der Waals surface area (Å²) in [6.07, 6.45) is 0. The van der Waals surface area contributed by atoms with E-state index in [0.717, 1.165) is 18.0 Å². The molecule has 2 nitrogen and oxygen atoms in total. The summed E-state index contributed by atoms with van der Waals surface area (Å²) in [5.74, 6) is 2.09. The molecule has 1 aromatic rings. The van der Waals surface area contributed by atoms with E-state index in [1.165, 1.54) is 5.56 Å². The van der Waals surface area contributed by atoms with E-state index in [-0.39, 0.29) is 0 Å². The van der Waals surface area contributed by atoms with Gasteiger partial charge in [-0.25, -0.2) is 0 Å². The molecule has 0 aliphatic carbocycles. The Morgan fingerprint density at radius 2 is 1.94 bits per heavy atom. The minimum atomic E-state index is 0.366. The van der Waals surface area contributed by atoms with Crippen molar-refractivity contribution in [1.82, 2.24) is 5.32 Å². The fourth-order valence-corrected chi connectivity index (χ4v) is 2.72. The lowest BCUT2D eigenvalue weighted by atomic mass is 10.1. The molecule has 0 radical (unpaired) electrons. The summed E-state index contributed by atoms with van der Waals surface area (Å²) in [5.41, 5.74) is 1.27. The van der Waals surface area contributed by atoms with Crippen molar-refractivity contribution in [2.45, 2.75) is 39.0 Å². The van der Waals surface area contributed by atoms with Crippen molar-refractivity contribution in [3.8, 4) is 5.75 Å². The minimum absolute atomic E-state index is 0.366. The Morgan fingerprint density at radius 1 is 1.22 bits per heavy atom. The van der Waals surface area contributed by atoms with Crippen LogP contribution in [0.15, 0.2) is 24.3 Å². The fourth-order valence-electron chi connectivity index (χ4n) is 1.85. The van der Waals surface area contributed by atoms with E-state index in [2.05, 4.69) is 44.3 Å². The van der Waals surface area contributed by atoms with E-state index in [1.54, 1.807) is 0 Å². The lowest BCUT2D eigenvalue weighted by Gasteiger charge is -2.21. The highest BCUT2D eigenvalue weighted by molar-refractivity contribution is 7.99. The molecule has 0 aliphatic heterocycles. The van der Waals surface area contributed by atoms with E-state index in [4.69, 9.17) is 4.74 Å². The van der Waals surface area contributed by atoms with Crippen LogP contribution >= 0.6 is 11.8 Å². The first-order valence-corrected chi connectivity index (χ1v) is 7.80. The van der Waals surface area contributed by atoms with Crippen LogP contribution in [0.2, 0.25) is 0 Å². The van der Waals surface area contributed by atoms with Gasteiger partial charge >= 0.3 is 0 Å². The predicted octanol–water partition coefficient (Wildman–Crippen LogP) is 3.88. The highest BCUT2D eigenvalue weighted by Crippen LogP contribution is 2.28. The molecule has 0 saturated carbocycles. The third-order valence-corrected chi connectivity index (χ3v) is 3.83. The van der Waals surface area contributed by atoms with Gasteiger partial charge in [0.05, 0.1) is 6.61 Å². The number of para-hydroxylation sites is 1. The lowest BCUT2D eigenvalue weighted by molar-refractivity contribution is 0.333. The standard InChI is InChI=1S/C15H25NOS/c1-5-16-14(11-18-12(3)4)13-9-7-8-10-15(13)17-6-2/h7-10,12,14,16H,5-6,11H2,1-4H3. The van der Waals surface area contributed by atoms with Gasteiger partial charge in [-0.2, -0.15) is 11.8 Å². The van der Waals surface area contributed by atoms with Crippen LogP contribution in [0.3, 0.4) is 0 Å². The van der Waals surface area contributed by atoms with Crippen LogP contribution in [0, 0.1) is 0 Å². The number of thioether (sulfide) groups is 1. The van der Waals surface area contributed by atoms with Crippen LogP contribution in [-0.4, -0.2) is 24.2 Å². The monoisotopic (exact) mass is 267 g/mol. The first-order valence-electron chi connectivity index (χ1n) is 6.75. The van der Waals surface area contributed by atoms with Gasteiger partial charge in [0, 0.05) is 17.4 Å². The molecule has 1 aromatic carbocycles. The number of rotatable bonds is 8. The van der Waals surface area contributed by atoms with Gasteiger partial charge in [-0.3, -0.25) is 0 Å². The van der Waals surface area contributed by atoms with Gasteiger partial charge in [-0.1, -0.05) is 39.0 Å². The van der Waals surface area contributed by atoms with Gasteiger partial charge < -0.3 is 10.1 Å². The molecule has 1 atom stereocenters. The Balaban J connectivity index is 2.82. The molecular formula is C15H25NOS. The van der Waals surface area contributed by atoms with Crippen molar-refractivity contribution in [1.29, 1.82) is 0 Å². The molecule has 102 valence electrons. The number of hydrogen-bond donors (Lipinski definition) is 1. The van der Waals surface area contributed by atoms with E-state index >= 15 is 0 Å². The molecule has 3 heteroatoms. The van der Waals surface area contributed by atoms with Crippen LogP contribution in [0.1, 0.15) is 39.3 Å². The largest absolute Gasteiger partial charge is 0.494 e. The zero-order valence-corrected chi connectivity index (χ0v) is 12.7. The predicted molar refractivity (Wildman–Crippen MR) is 81.6 cm³/mol. The van der Waals surface area contributed by atoms with Crippen LogP contribution in [0.4, 0.5) is 0 Å². The number of ether oxygens (including phenoxy) is 1. The molecule has 0 aromatic heterocycles. The van der Waals surface area contributed by atoms with E-state index < -0.39 is 0 Å². The van der Waals surface area contributed by atoms with Crippen LogP contribution in [0.25, 0.3) is 0 Å². The third kappa shape index (κ3) is 4.91. The molecule has 18 heavy (non-hydrogen) atoms. The minimum Gasteiger partial charge on any atom is -0.494 e. The quantitative estimate of drug-likeness (QED) is 0.772. The molecule has 1 N–H and O–H groups in total. The normalized spacial score (nSPS) is 12.7. The van der Waals surface area contributed by atoms with Crippen molar-refractivity contribution >= 4 is 11.8 Å². The van der Waals surface area contributed by atoms with Crippen molar-refractivity contribution in [3.63, 3.8) is 0 Å². The molecule has 0 heterocycles. The first-order chi connectivity index (χ1) is 8.69. The summed E-state index contributed by atoms with van der Waals surface area (Å²) in [7, 11) is 0. The molecule has 0 fully saturated rings. The second-order valence-electron chi connectivity index (χ2n) is 4.46. The SMILES string of the molecule is CCNC(CSC(C)C)c1ccccc1OCC. The maximum Gasteiger partial charge on any atom is 0.124 e. The second kappa shape index (κ2) is 8.44. The molecule has 1 rings (SSSR count). The van der Waals surface area contributed by atoms with Gasteiger partial charge in [0.25, 0.3) is 0 Å². The average Bonchev–Trinajstić information content (AvgIpc) is 2.35. The molecule has 0 amide bonds. The molecular weight excluding hydrogens is 242 g/mol. The Hall–Kier alpha value is -0.670. The number of nitrogens with one attached hydrogen (secondary N) is 1. The summed E-state index contributed by atoms with van der Waals surface area (Å²) in [5, 5.41) is 4.21. The zero-order valence-electron chi connectivity index (χ0n) is 11.9. The lowest BCUT2D eigenvalue weighted by Crippen LogP contribution is -2.24. The molecule has 0 spiro atoms. The van der Waals surface area contributed by atoms with Crippen LogP contribution < -0.4 is 10.1 Å². The average molecular weight is 267 g/mol. The molecule has 0 bridgehead atoms. The van der Waals surface area contributed by atoms with Gasteiger partial charge in [0.2, 0.25) is 0 Å². The number of hydrogen-bond acceptors (Lipinski definition) is 3. The van der Waals surface area contributed by atoms with Crippen molar-refractivity contribution in [2.24, 2.45) is 0 Å². The van der Waals surface area contributed by atoms with Gasteiger partial charge in [0.1, 0.15) is 5.75 Å². The van der Waals surface area contributed by atoms with Crippen LogP contribution in [0.5, 0.6) is 5.75 Å². The van der Waals surface area contributed by atoms with Crippen molar-refractivity contribution < 1.29 is 4.74 Å². The van der Waals surface area contributed by atoms with Gasteiger partial charge in [0.15, 0.2) is 0 Å². The smallest absolute Gasteiger partial charge is 0.124 e. The molecule has 0 aliphatic rings. The van der Waals surface area contributed by atoms with E-state index in [1.807, 2.05) is 24.8 Å². The van der Waals surface area contributed by atoms with E-state index in [0.29, 0.717) is 17.9 Å². The zero-order chi connectivity index (χ0) is 13.4. The van der Waals surface area contributed by atoms with E-state index in [9.17, 15) is 0 Å². The highest BCUT2D eigenvalue weighted by Gasteiger charge is 2.15. The Morgan fingerprint density at radius 3 is 2.56 bits per heavy atom. The molecule has 0 saturated heterocycles. The summed E-state index contributed by atoms with van der Waals surface area (Å²) in [4.78, 5) is 0. The number of benzene rings is 1. The Kier molecular flexibility index (Phi) is 7.21. The topological polar surface area (TPSA) is 21.3 Å². The Labute approximate surface area is 116 Å². The summed E-state index contributed by atoms with van der Waals surface area (Å²) < 4.78 is 5.72. The maximum absolute atomic E-state index is 5.72. The van der Waals surface area contributed by atoms with Crippen LogP contribution in [-0.2, 0) is 0 Å². The van der Waals surface area contributed by atoms with Gasteiger partial charge in [-0.05, 0) is 24.8 Å². The second-order valence-corrected chi connectivity index (χ2v) is 6.07. The summed E-state index contributed by atoms with van der Waals surface area (Å²) in [6.45, 7) is 10.3. The third-order valence-electron chi connectivity index (χ3n) is 2.64. The van der Waals surface area contributed by atoms with Gasteiger partial charge in [-0.15, -0.1) is 0 Å². The first kappa shape index (κ1) is 15.4. The summed E-state index contributed by atoms with van der Waals surface area (Å²) in [6, 6.07) is 8.71. The maximum atomic E-state index is 5.72. The Bertz CT molecular complexity index is 341. The van der Waals surface area contributed by atoms with Crippen molar-refractivity contribution in [2.75, 3.05) is 18.9 Å². The highest BCUT2D eigenvalue weighted by atomic mass is 32.2. The fraction of sp³-hybridized carbons (Fsp3) is 0.600. The molecule has 1 unspecified atom stereocenters. The van der Waals surface area contributed by atoms with Crippen molar-refractivity contribution in [3.05, 3.63) is 29.8 Å². The summed E-state index contributed by atoms with van der Waals surface area (Å²) >= 11 is 1.98.